The van der Waals surface area contributed by atoms with Gasteiger partial charge in [-0.1, -0.05) is 0 Å². The van der Waals surface area contributed by atoms with Crippen molar-refractivity contribution >= 4 is 17.5 Å². The third-order valence-electron chi connectivity index (χ3n) is 2.39. The Hall–Kier alpha value is -1.56. The molecule has 6 heteroatoms. The Morgan fingerprint density at radius 3 is 3.00 bits per heavy atom. The minimum atomic E-state index is -0.0845. The summed E-state index contributed by atoms with van der Waals surface area (Å²) in [5.74, 6) is 1.32. The van der Waals surface area contributed by atoms with Crippen LogP contribution in [0.2, 0.25) is 0 Å². The van der Waals surface area contributed by atoms with Gasteiger partial charge < -0.3 is 10.2 Å². The van der Waals surface area contributed by atoms with E-state index in [1.165, 1.54) is 0 Å². The van der Waals surface area contributed by atoms with Gasteiger partial charge in [0.25, 0.3) is 11.4 Å². The van der Waals surface area contributed by atoms with Crippen LogP contribution in [0, 0.1) is 0 Å². The second kappa shape index (κ2) is 2.98. The predicted octanol–water partition coefficient (Wildman–Crippen LogP) is -1.63. The molecule has 0 saturated carbocycles. The van der Waals surface area contributed by atoms with Gasteiger partial charge in [-0.25, -0.2) is 0 Å². The zero-order valence-corrected chi connectivity index (χ0v) is 8.51. The highest BCUT2D eigenvalue weighted by Crippen LogP contribution is 2.17. The number of H-pyrrole nitrogens is 1. The lowest BCUT2D eigenvalue weighted by Gasteiger charge is -2.05. The van der Waals surface area contributed by atoms with E-state index in [2.05, 4.69) is 15.3 Å². The van der Waals surface area contributed by atoms with Crippen LogP contribution in [-0.2, 0) is 0 Å². The average Bonchev–Trinajstić information content (AvgIpc) is 2.42. The van der Waals surface area contributed by atoms with E-state index in [1.807, 2.05) is 19.0 Å². The van der Waals surface area contributed by atoms with Crippen molar-refractivity contribution < 1.29 is 4.90 Å². The monoisotopic (exact) mass is 196 g/mol. The van der Waals surface area contributed by atoms with Crippen LogP contribution in [0.25, 0.3) is 0 Å². The van der Waals surface area contributed by atoms with Crippen molar-refractivity contribution in [2.45, 2.75) is 0 Å². The summed E-state index contributed by atoms with van der Waals surface area (Å²) in [5, 5.41) is 2.83. The Labute approximate surface area is 81.6 Å². The van der Waals surface area contributed by atoms with Gasteiger partial charge in [-0.2, -0.15) is 4.98 Å². The zero-order valence-electron chi connectivity index (χ0n) is 8.51. The molecule has 0 spiro atoms. The highest BCUT2D eigenvalue weighted by Gasteiger charge is 2.30. The molecule has 0 radical (unpaired) electrons. The van der Waals surface area contributed by atoms with Gasteiger partial charge in [-0.3, -0.25) is 14.7 Å². The minimum Gasteiger partial charge on any atom is -0.359 e. The molecule has 6 nitrogen and oxygen atoms in total. The molecule has 0 bridgehead atoms. The van der Waals surface area contributed by atoms with E-state index in [4.69, 9.17) is 0 Å². The zero-order chi connectivity index (χ0) is 10.3. The lowest BCUT2D eigenvalue weighted by molar-refractivity contribution is -0.805. The molecule has 1 aromatic rings. The van der Waals surface area contributed by atoms with E-state index >= 15 is 0 Å². The van der Waals surface area contributed by atoms with E-state index < -0.39 is 0 Å². The highest BCUT2D eigenvalue weighted by atomic mass is 16.1. The average molecular weight is 196 g/mol. The summed E-state index contributed by atoms with van der Waals surface area (Å²) in [6, 6.07) is 0. The van der Waals surface area contributed by atoms with Crippen molar-refractivity contribution in [3.05, 3.63) is 10.4 Å². The van der Waals surface area contributed by atoms with Crippen LogP contribution in [-0.4, -0.2) is 37.8 Å². The lowest BCUT2D eigenvalue weighted by Crippen LogP contribution is -3.03. The number of rotatable bonds is 1. The van der Waals surface area contributed by atoms with Gasteiger partial charge in [0, 0.05) is 14.1 Å². The van der Waals surface area contributed by atoms with Crippen LogP contribution < -0.4 is 20.7 Å². The van der Waals surface area contributed by atoms with Crippen molar-refractivity contribution in [2.24, 2.45) is 0 Å². The molecule has 0 saturated heterocycles. The number of hydrogen-bond donors (Lipinski definition) is 3. The van der Waals surface area contributed by atoms with Crippen molar-refractivity contribution in [3.8, 4) is 0 Å². The number of nitrogens with one attached hydrogen (secondary N) is 3. The van der Waals surface area contributed by atoms with Crippen molar-refractivity contribution in [2.75, 3.05) is 38.0 Å². The number of fused-ring (bicyclic) bond motifs is 1. The Bertz CT molecular complexity index is 413. The third kappa shape index (κ3) is 1.15. The number of nitrogens with zero attached hydrogens (tertiary/aromatic N) is 2. The van der Waals surface area contributed by atoms with Gasteiger partial charge in [0.15, 0.2) is 12.4 Å². The molecule has 1 atom stereocenters. The van der Waals surface area contributed by atoms with Crippen molar-refractivity contribution in [1.29, 1.82) is 0 Å². The number of anilines is 2. The Balaban J connectivity index is 2.63. The molecule has 1 aromatic heterocycles. The maximum absolute atomic E-state index is 11.7. The maximum Gasteiger partial charge on any atom is 0.282 e. The fourth-order valence-corrected chi connectivity index (χ4v) is 1.75. The fraction of sp³-hybridized carbons (Fsp3) is 0.500. The Kier molecular flexibility index (Phi) is 1.92. The van der Waals surface area contributed by atoms with Crippen LogP contribution in [0.15, 0.2) is 4.79 Å². The SMILES string of the molecule is CNc1nc2c(c(=O)[nH]1)N(C)C[NH+]2C. The number of aromatic nitrogens is 2. The molecule has 0 aromatic carbocycles. The topological polar surface area (TPSA) is 65.5 Å². The van der Waals surface area contributed by atoms with Crippen molar-refractivity contribution in [1.82, 2.24) is 9.97 Å². The second-order valence-corrected chi connectivity index (χ2v) is 3.50. The van der Waals surface area contributed by atoms with E-state index in [1.54, 1.807) is 7.05 Å². The Morgan fingerprint density at radius 2 is 2.36 bits per heavy atom. The van der Waals surface area contributed by atoms with E-state index in [-0.39, 0.29) is 5.56 Å². The van der Waals surface area contributed by atoms with E-state index in [9.17, 15) is 4.79 Å². The van der Waals surface area contributed by atoms with Gasteiger partial charge in [0.1, 0.15) is 0 Å². The molecular weight excluding hydrogens is 182 g/mol. The van der Waals surface area contributed by atoms with Crippen molar-refractivity contribution in [3.63, 3.8) is 0 Å². The summed E-state index contributed by atoms with van der Waals surface area (Å²) in [4.78, 5) is 21.7. The number of hydrogen-bond acceptors (Lipinski definition) is 4. The molecule has 0 fully saturated rings. The molecule has 3 N–H and O–H groups in total. The van der Waals surface area contributed by atoms with Gasteiger partial charge in [-0.05, 0) is 0 Å². The van der Waals surface area contributed by atoms with Crippen LogP contribution in [0.1, 0.15) is 0 Å². The molecule has 1 aliphatic rings. The molecule has 0 amide bonds. The molecule has 14 heavy (non-hydrogen) atoms. The summed E-state index contributed by atoms with van der Waals surface area (Å²) in [7, 11) is 5.62. The van der Waals surface area contributed by atoms with E-state index in [0.29, 0.717) is 11.6 Å². The first kappa shape index (κ1) is 9.01. The van der Waals surface area contributed by atoms with E-state index in [0.717, 1.165) is 17.4 Å². The van der Waals surface area contributed by atoms with Crippen LogP contribution in [0.4, 0.5) is 17.5 Å². The molecule has 1 unspecified atom stereocenters. The van der Waals surface area contributed by atoms with Gasteiger partial charge >= 0.3 is 0 Å². The first-order valence-electron chi connectivity index (χ1n) is 4.49. The predicted molar refractivity (Wildman–Crippen MR) is 54.2 cm³/mol. The molecule has 76 valence electrons. The molecule has 2 heterocycles. The molecular formula is C8H14N5O+. The normalized spacial score (nSPS) is 19.6. The van der Waals surface area contributed by atoms with Crippen LogP contribution >= 0.6 is 0 Å². The Morgan fingerprint density at radius 1 is 1.64 bits per heavy atom. The quantitative estimate of drug-likeness (QED) is 0.504. The summed E-state index contributed by atoms with van der Waals surface area (Å²) < 4.78 is 0. The molecule has 1 aliphatic heterocycles. The van der Waals surface area contributed by atoms with Gasteiger partial charge in [-0.15, -0.1) is 0 Å². The fourth-order valence-electron chi connectivity index (χ4n) is 1.75. The van der Waals surface area contributed by atoms with Gasteiger partial charge in [0.2, 0.25) is 5.95 Å². The molecule has 0 aliphatic carbocycles. The second-order valence-electron chi connectivity index (χ2n) is 3.50. The summed E-state index contributed by atoms with van der Waals surface area (Å²) in [6.07, 6.45) is 0. The third-order valence-corrected chi connectivity index (χ3v) is 2.39. The highest BCUT2D eigenvalue weighted by molar-refractivity contribution is 5.60. The largest absolute Gasteiger partial charge is 0.359 e. The smallest absolute Gasteiger partial charge is 0.282 e. The minimum absolute atomic E-state index is 0.0845. The number of aromatic amines is 1. The van der Waals surface area contributed by atoms with Gasteiger partial charge in [0.05, 0.1) is 7.05 Å². The lowest BCUT2D eigenvalue weighted by atomic mass is 10.4. The first-order chi connectivity index (χ1) is 6.63. The maximum atomic E-state index is 11.7. The van der Waals surface area contributed by atoms with Crippen LogP contribution in [0.3, 0.4) is 0 Å². The number of quaternary nitrogens is 1. The summed E-state index contributed by atoms with van der Waals surface area (Å²) >= 11 is 0. The molecule has 2 rings (SSSR count). The van der Waals surface area contributed by atoms with Crippen LogP contribution in [0.5, 0.6) is 0 Å². The summed E-state index contributed by atoms with van der Waals surface area (Å²) in [6.45, 7) is 0.776. The first-order valence-corrected chi connectivity index (χ1v) is 4.49. The summed E-state index contributed by atoms with van der Waals surface area (Å²) in [5.41, 5.74) is 0.584. The standard InChI is InChI=1S/C8H13N5O/c1-9-8-10-6-5(7(14)11-8)12(2)4-13(6)3/h4H2,1-3H3,(H2,9,10,11,14)/p+1.